The Bertz CT molecular complexity index is 665. The molecule has 3 rings (SSSR count). The second-order valence-electron chi connectivity index (χ2n) is 6.31. The highest BCUT2D eigenvalue weighted by molar-refractivity contribution is 5.92. The van der Waals surface area contributed by atoms with E-state index in [-0.39, 0.29) is 11.7 Å². The summed E-state index contributed by atoms with van der Waals surface area (Å²) in [6, 6.07) is 6.70. The van der Waals surface area contributed by atoms with E-state index in [0.717, 1.165) is 44.3 Å². The van der Waals surface area contributed by atoms with E-state index in [0.29, 0.717) is 11.6 Å². The van der Waals surface area contributed by atoms with Crippen LogP contribution in [0, 0.1) is 11.7 Å². The fourth-order valence-corrected chi connectivity index (χ4v) is 3.23. The first kappa shape index (κ1) is 15.7. The van der Waals surface area contributed by atoms with E-state index in [1.54, 1.807) is 17.1 Å². The number of amides is 1. The number of aromatic nitrogens is 2. The molecule has 1 aromatic heterocycles. The summed E-state index contributed by atoms with van der Waals surface area (Å²) in [5.74, 6) is 0.377. The first-order chi connectivity index (χ1) is 11.1. The van der Waals surface area contributed by atoms with Gasteiger partial charge in [-0.15, -0.1) is 0 Å². The van der Waals surface area contributed by atoms with E-state index in [1.165, 1.54) is 12.1 Å². The van der Waals surface area contributed by atoms with Crippen molar-refractivity contribution in [1.29, 1.82) is 0 Å². The van der Waals surface area contributed by atoms with E-state index < -0.39 is 0 Å². The van der Waals surface area contributed by atoms with Gasteiger partial charge in [0.05, 0.1) is 12.5 Å². The van der Waals surface area contributed by atoms with Crippen LogP contribution in [0.5, 0.6) is 0 Å². The molecule has 0 spiro atoms. The number of aryl methyl sites for hydroxylation is 2. The summed E-state index contributed by atoms with van der Waals surface area (Å²) in [5, 5.41) is 0. The highest BCUT2D eigenvalue weighted by Crippen LogP contribution is 2.23. The normalized spacial score (nSPS) is 18.2. The smallest absolute Gasteiger partial charge is 0.272 e. The fourth-order valence-electron chi connectivity index (χ4n) is 3.23. The second-order valence-corrected chi connectivity index (χ2v) is 6.31. The zero-order chi connectivity index (χ0) is 16.2. The third kappa shape index (κ3) is 3.78. The minimum Gasteiger partial charge on any atom is -0.337 e. The van der Waals surface area contributed by atoms with Crippen molar-refractivity contribution in [3.8, 4) is 0 Å². The van der Waals surface area contributed by atoms with Crippen LogP contribution in [-0.4, -0.2) is 33.4 Å². The number of piperidine rings is 1. The van der Waals surface area contributed by atoms with Gasteiger partial charge in [0.25, 0.3) is 5.91 Å². The molecule has 1 unspecified atom stereocenters. The summed E-state index contributed by atoms with van der Waals surface area (Å²) in [5.41, 5.74) is 1.80. The topological polar surface area (TPSA) is 38.1 Å². The monoisotopic (exact) mass is 315 g/mol. The molecule has 2 heterocycles. The van der Waals surface area contributed by atoms with Crippen molar-refractivity contribution >= 4 is 5.91 Å². The Balaban J connectivity index is 1.57. The lowest BCUT2D eigenvalue weighted by molar-refractivity contribution is 0.0658. The Morgan fingerprint density at radius 1 is 1.35 bits per heavy atom. The van der Waals surface area contributed by atoms with Crippen LogP contribution in [-0.2, 0) is 13.5 Å². The second kappa shape index (κ2) is 6.94. The van der Waals surface area contributed by atoms with Crippen molar-refractivity contribution < 1.29 is 9.18 Å². The number of rotatable bonds is 4. The largest absolute Gasteiger partial charge is 0.337 e. The molecule has 1 aromatic carbocycles. The van der Waals surface area contributed by atoms with Gasteiger partial charge in [-0.05, 0) is 49.3 Å². The Labute approximate surface area is 135 Å². The maximum absolute atomic E-state index is 12.9. The average molecular weight is 315 g/mol. The summed E-state index contributed by atoms with van der Waals surface area (Å²) in [4.78, 5) is 18.5. The van der Waals surface area contributed by atoms with Crippen molar-refractivity contribution in [3.05, 3.63) is 53.9 Å². The van der Waals surface area contributed by atoms with Gasteiger partial charge in [-0.3, -0.25) is 4.79 Å². The van der Waals surface area contributed by atoms with Crippen LogP contribution >= 0.6 is 0 Å². The molecule has 5 heteroatoms. The molecule has 0 radical (unpaired) electrons. The summed E-state index contributed by atoms with van der Waals surface area (Å²) in [6.07, 6.45) is 7.43. The van der Waals surface area contributed by atoms with Gasteiger partial charge in [-0.1, -0.05) is 12.1 Å². The number of benzene rings is 1. The van der Waals surface area contributed by atoms with Gasteiger partial charge in [-0.25, -0.2) is 9.37 Å². The standard InChI is InChI=1S/C18H22FN3O/c1-21-13-20-11-17(21)18(23)22-10-2-3-15(12-22)5-4-14-6-8-16(19)9-7-14/h6-9,11,13,15H,2-5,10,12H2,1H3. The summed E-state index contributed by atoms with van der Waals surface area (Å²) in [6.45, 7) is 1.61. The number of hydrogen-bond acceptors (Lipinski definition) is 2. The van der Waals surface area contributed by atoms with E-state index in [9.17, 15) is 9.18 Å². The van der Waals surface area contributed by atoms with E-state index in [4.69, 9.17) is 0 Å². The lowest BCUT2D eigenvalue weighted by Gasteiger charge is -2.32. The fraction of sp³-hybridized carbons (Fsp3) is 0.444. The van der Waals surface area contributed by atoms with Crippen LogP contribution in [0.2, 0.25) is 0 Å². The Hall–Kier alpha value is -2.17. The number of carbonyl (C=O) groups is 1. The van der Waals surface area contributed by atoms with Crippen LogP contribution in [0.25, 0.3) is 0 Å². The molecule has 1 aliphatic rings. The lowest BCUT2D eigenvalue weighted by Crippen LogP contribution is -2.40. The zero-order valence-electron chi connectivity index (χ0n) is 13.4. The molecule has 1 atom stereocenters. The number of hydrogen-bond donors (Lipinski definition) is 0. The Kier molecular flexibility index (Phi) is 4.74. The number of imidazole rings is 1. The van der Waals surface area contributed by atoms with E-state index in [1.807, 2.05) is 24.1 Å². The highest BCUT2D eigenvalue weighted by Gasteiger charge is 2.25. The van der Waals surface area contributed by atoms with Crippen LogP contribution < -0.4 is 0 Å². The van der Waals surface area contributed by atoms with Crippen molar-refractivity contribution in [2.45, 2.75) is 25.7 Å². The molecular formula is C18H22FN3O. The van der Waals surface area contributed by atoms with Crippen molar-refractivity contribution in [3.63, 3.8) is 0 Å². The predicted molar refractivity (Wildman–Crippen MR) is 86.6 cm³/mol. The third-order valence-electron chi connectivity index (χ3n) is 4.60. The molecule has 0 aliphatic carbocycles. The summed E-state index contributed by atoms with van der Waals surface area (Å²) in [7, 11) is 1.84. The van der Waals surface area contributed by atoms with Crippen LogP contribution in [0.15, 0.2) is 36.8 Å². The van der Waals surface area contributed by atoms with E-state index in [2.05, 4.69) is 4.98 Å². The first-order valence-electron chi connectivity index (χ1n) is 8.13. The van der Waals surface area contributed by atoms with Gasteiger partial charge in [0.2, 0.25) is 0 Å². The van der Waals surface area contributed by atoms with Gasteiger partial charge in [0, 0.05) is 20.1 Å². The number of nitrogens with zero attached hydrogens (tertiary/aromatic N) is 3. The lowest BCUT2D eigenvalue weighted by atomic mass is 9.91. The maximum atomic E-state index is 12.9. The Morgan fingerprint density at radius 2 is 2.13 bits per heavy atom. The molecule has 122 valence electrons. The zero-order valence-corrected chi connectivity index (χ0v) is 13.4. The van der Waals surface area contributed by atoms with Crippen molar-refractivity contribution in [2.24, 2.45) is 13.0 Å². The first-order valence-corrected chi connectivity index (χ1v) is 8.13. The molecule has 0 bridgehead atoms. The molecular weight excluding hydrogens is 293 g/mol. The molecule has 23 heavy (non-hydrogen) atoms. The molecule has 1 saturated heterocycles. The molecule has 1 amide bonds. The molecule has 1 aliphatic heterocycles. The number of likely N-dealkylation sites (tertiary alicyclic amines) is 1. The molecule has 2 aromatic rings. The average Bonchev–Trinajstić information content (AvgIpc) is 3.00. The highest BCUT2D eigenvalue weighted by atomic mass is 19.1. The SMILES string of the molecule is Cn1cncc1C(=O)N1CCCC(CCc2ccc(F)cc2)C1. The quantitative estimate of drug-likeness (QED) is 0.870. The van der Waals surface area contributed by atoms with Gasteiger partial charge in [0.15, 0.2) is 0 Å². The summed E-state index contributed by atoms with van der Waals surface area (Å²) < 4.78 is 14.7. The molecule has 0 N–H and O–H groups in total. The van der Waals surface area contributed by atoms with Crippen molar-refractivity contribution in [1.82, 2.24) is 14.5 Å². The van der Waals surface area contributed by atoms with Crippen LogP contribution in [0.3, 0.4) is 0 Å². The minimum absolute atomic E-state index is 0.0662. The molecule has 4 nitrogen and oxygen atoms in total. The van der Waals surface area contributed by atoms with Gasteiger partial charge in [0.1, 0.15) is 11.5 Å². The third-order valence-corrected chi connectivity index (χ3v) is 4.60. The Morgan fingerprint density at radius 3 is 2.83 bits per heavy atom. The van der Waals surface area contributed by atoms with E-state index >= 15 is 0 Å². The predicted octanol–water partition coefficient (Wildman–Crippen LogP) is 3.04. The maximum Gasteiger partial charge on any atom is 0.272 e. The van der Waals surface area contributed by atoms with Crippen molar-refractivity contribution in [2.75, 3.05) is 13.1 Å². The number of carbonyl (C=O) groups excluding carboxylic acids is 1. The van der Waals surface area contributed by atoms with Crippen LogP contribution in [0.1, 0.15) is 35.3 Å². The molecule has 0 saturated carbocycles. The van der Waals surface area contributed by atoms with Gasteiger partial charge in [-0.2, -0.15) is 0 Å². The minimum atomic E-state index is -0.195. The summed E-state index contributed by atoms with van der Waals surface area (Å²) >= 11 is 0. The number of halogens is 1. The van der Waals surface area contributed by atoms with Crippen LogP contribution in [0.4, 0.5) is 4.39 Å². The van der Waals surface area contributed by atoms with Gasteiger partial charge >= 0.3 is 0 Å². The molecule has 1 fully saturated rings. The van der Waals surface area contributed by atoms with Gasteiger partial charge < -0.3 is 9.47 Å².